The molecule has 0 aliphatic heterocycles. The first-order valence-corrected chi connectivity index (χ1v) is 15.6. The molecular formula is C38H44O7. The number of phenolic OH excluding ortho intramolecular Hbond substituents is 1. The zero-order valence-electron chi connectivity index (χ0n) is 27.9. The van der Waals surface area contributed by atoms with Crippen LogP contribution in [0.3, 0.4) is 0 Å². The van der Waals surface area contributed by atoms with Gasteiger partial charge in [0.2, 0.25) is 5.78 Å². The second kappa shape index (κ2) is 10.3. The van der Waals surface area contributed by atoms with E-state index in [2.05, 4.69) is 34.6 Å². The molecule has 4 N–H and O–H groups in total. The van der Waals surface area contributed by atoms with E-state index in [9.17, 15) is 34.8 Å². The Hall–Kier alpha value is -3.97. The smallest absolute Gasteiger partial charge is 0.209 e. The summed E-state index contributed by atoms with van der Waals surface area (Å²) in [4.78, 5) is 40.8. The number of phenols is 1. The highest BCUT2D eigenvalue weighted by Crippen LogP contribution is 2.65. The molecule has 2 aromatic carbocycles. The van der Waals surface area contributed by atoms with E-state index in [0.717, 1.165) is 29.2 Å². The molecule has 0 spiro atoms. The molecule has 0 saturated carbocycles. The van der Waals surface area contributed by atoms with Crippen molar-refractivity contribution in [2.75, 3.05) is 0 Å². The van der Waals surface area contributed by atoms with E-state index < -0.39 is 56.8 Å². The van der Waals surface area contributed by atoms with E-state index in [4.69, 9.17) is 0 Å². The molecule has 5 rings (SSSR count). The lowest BCUT2D eigenvalue weighted by Crippen LogP contribution is -2.67. The van der Waals surface area contributed by atoms with Crippen molar-refractivity contribution < 1.29 is 34.8 Å². The molecule has 0 amide bonds. The first kappa shape index (κ1) is 32.4. The SMILES string of the molecule is CC(=O)C1=C(O)C(C(C)C)[C@@]2(C)C[C@@]3(C)Cc4c(/C=C/c5c(C)c(C)c(C)c(C)c5C)ccc(O)c4C(=O)C3=C(O)[C@@]2(O)C1=O. The number of rotatable bonds is 4. The topological polar surface area (TPSA) is 132 Å². The molecule has 3 aliphatic rings. The Morgan fingerprint density at radius 2 is 1.47 bits per heavy atom. The number of aliphatic hydroxyl groups excluding tert-OH is 2. The van der Waals surface area contributed by atoms with Crippen molar-refractivity contribution in [3.05, 3.63) is 84.9 Å². The summed E-state index contributed by atoms with van der Waals surface area (Å²) in [6, 6.07) is 3.21. The molecule has 4 atom stereocenters. The van der Waals surface area contributed by atoms with Crippen molar-refractivity contribution in [1.29, 1.82) is 0 Å². The van der Waals surface area contributed by atoms with Crippen LogP contribution in [0.1, 0.15) is 95.9 Å². The van der Waals surface area contributed by atoms with E-state index in [0.29, 0.717) is 5.56 Å². The molecule has 0 aromatic heterocycles. The Bertz CT molecular complexity index is 1790. The van der Waals surface area contributed by atoms with Crippen LogP contribution in [0.5, 0.6) is 5.75 Å². The standard InChI is InChI=1S/C38H44O7/c1-17(2)30-32(41)28(23(8)39)34(43)38(45)35(44)31-33(42)29-26(15-36(31,9)16-37(30,38)10)24(12-14-27(29)40)11-13-25-21(6)19(4)18(3)20(5)22(25)7/h11-14,17,30,40-41,44-45H,15-16H2,1-10H3/b13-11+/t30?,36-,37-,38+/m1/s1. The van der Waals surface area contributed by atoms with E-state index in [1.165, 1.54) is 22.8 Å². The van der Waals surface area contributed by atoms with E-state index >= 15 is 0 Å². The fourth-order valence-corrected chi connectivity index (χ4v) is 8.86. The number of Topliss-reactive ketones (excluding diaryl/α,β-unsaturated/α-hetero) is 3. The van der Waals surface area contributed by atoms with Crippen molar-refractivity contribution >= 4 is 29.5 Å². The summed E-state index contributed by atoms with van der Waals surface area (Å²) in [7, 11) is 0. The quantitative estimate of drug-likeness (QED) is 0.215. The number of aromatic hydroxyl groups is 1. The average molecular weight is 613 g/mol. The van der Waals surface area contributed by atoms with Gasteiger partial charge in [-0.15, -0.1) is 0 Å². The Balaban J connectivity index is 1.74. The molecule has 0 heterocycles. The summed E-state index contributed by atoms with van der Waals surface area (Å²) in [5.74, 6) is -5.19. The Labute approximate surface area is 265 Å². The number of aliphatic hydroxyl groups is 3. The third-order valence-electron chi connectivity index (χ3n) is 11.4. The van der Waals surface area contributed by atoms with Gasteiger partial charge in [0, 0.05) is 22.3 Å². The molecule has 3 aliphatic carbocycles. The van der Waals surface area contributed by atoms with Crippen LogP contribution in [0.25, 0.3) is 12.2 Å². The molecule has 1 unspecified atom stereocenters. The maximum atomic E-state index is 14.3. The summed E-state index contributed by atoms with van der Waals surface area (Å²) in [5.41, 5.74) is 2.59. The van der Waals surface area contributed by atoms with Gasteiger partial charge in [0.25, 0.3) is 0 Å². The van der Waals surface area contributed by atoms with Crippen LogP contribution in [0.4, 0.5) is 0 Å². The maximum absolute atomic E-state index is 14.3. The Kier molecular flexibility index (Phi) is 7.40. The van der Waals surface area contributed by atoms with Crippen molar-refractivity contribution in [2.45, 2.75) is 87.7 Å². The van der Waals surface area contributed by atoms with Gasteiger partial charge < -0.3 is 20.4 Å². The summed E-state index contributed by atoms with van der Waals surface area (Å²) >= 11 is 0. The largest absolute Gasteiger partial charge is 0.511 e. The second-order valence-electron chi connectivity index (χ2n) is 14.4. The minimum absolute atomic E-state index is 0.0157. The van der Waals surface area contributed by atoms with Crippen LogP contribution in [-0.4, -0.2) is 43.4 Å². The molecule has 0 radical (unpaired) electrons. The predicted octanol–water partition coefficient (Wildman–Crippen LogP) is 7.06. The van der Waals surface area contributed by atoms with Gasteiger partial charge >= 0.3 is 0 Å². The van der Waals surface area contributed by atoms with Gasteiger partial charge in [0.05, 0.1) is 5.56 Å². The molecule has 45 heavy (non-hydrogen) atoms. The molecular weight excluding hydrogens is 568 g/mol. The molecule has 2 aromatic rings. The van der Waals surface area contributed by atoms with Gasteiger partial charge in [-0.25, -0.2) is 0 Å². The number of benzene rings is 2. The molecule has 0 bridgehead atoms. The van der Waals surface area contributed by atoms with Crippen LogP contribution in [0, 0.1) is 57.3 Å². The van der Waals surface area contributed by atoms with Crippen LogP contribution >= 0.6 is 0 Å². The van der Waals surface area contributed by atoms with Gasteiger partial charge in [0.1, 0.15) is 22.8 Å². The van der Waals surface area contributed by atoms with Crippen LogP contribution in [0.2, 0.25) is 0 Å². The highest BCUT2D eigenvalue weighted by molar-refractivity contribution is 6.25. The number of fused-ring (bicyclic) bond motifs is 3. The number of hydrogen-bond acceptors (Lipinski definition) is 7. The summed E-state index contributed by atoms with van der Waals surface area (Å²) < 4.78 is 0. The monoisotopic (exact) mass is 612 g/mol. The van der Waals surface area contributed by atoms with E-state index in [-0.39, 0.29) is 35.6 Å². The van der Waals surface area contributed by atoms with Crippen LogP contribution in [0.15, 0.2) is 34.8 Å². The third-order valence-corrected chi connectivity index (χ3v) is 11.4. The highest BCUT2D eigenvalue weighted by atomic mass is 16.3. The number of carbonyl (C=O) groups excluding carboxylic acids is 3. The molecule has 0 saturated heterocycles. The van der Waals surface area contributed by atoms with Crippen LogP contribution < -0.4 is 0 Å². The fraction of sp³-hybridized carbons (Fsp3) is 0.447. The zero-order chi connectivity index (χ0) is 33.7. The van der Waals surface area contributed by atoms with Gasteiger partial charge in [-0.2, -0.15) is 0 Å². The first-order valence-electron chi connectivity index (χ1n) is 15.6. The first-order chi connectivity index (χ1) is 20.8. The maximum Gasteiger partial charge on any atom is 0.209 e. The summed E-state index contributed by atoms with van der Waals surface area (Å²) in [6.07, 6.45) is 4.26. The van der Waals surface area contributed by atoms with Crippen molar-refractivity contribution in [2.24, 2.45) is 22.7 Å². The molecule has 7 heteroatoms. The Morgan fingerprint density at radius 1 is 0.911 bits per heavy atom. The zero-order valence-corrected chi connectivity index (χ0v) is 27.9. The minimum Gasteiger partial charge on any atom is -0.511 e. The summed E-state index contributed by atoms with van der Waals surface area (Å²) in [6.45, 7) is 18.7. The number of allylic oxidation sites excluding steroid dienone is 2. The number of ketones is 3. The average Bonchev–Trinajstić information content (AvgIpc) is 2.93. The number of hydrogen-bond donors (Lipinski definition) is 4. The molecule has 238 valence electrons. The van der Waals surface area contributed by atoms with Crippen molar-refractivity contribution in [3.63, 3.8) is 0 Å². The minimum atomic E-state index is -2.62. The van der Waals surface area contributed by atoms with E-state index in [1.807, 2.05) is 32.9 Å². The predicted molar refractivity (Wildman–Crippen MR) is 174 cm³/mol. The normalized spacial score (nSPS) is 28.1. The summed E-state index contributed by atoms with van der Waals surface area (Å²) in [5, 5.41) is 46.4. The lowest BCUT2D eigenvalue weighted by Gasteiger charge is -2.59. The Morgan fingerprint density at radius 3 is 2.00 bits per heavy atom. The van der Waals surface area contributed by atoms with Crippen LogP contribution in [-0.2, 0) is 16.0 Å². The van der Waals surface area contributed by atoms with Gasteiger partial charge in [-0.05, 0) is 111 Å². The highest BCUT2D eigenvalue weighted by Gasteiger charge is 2.71. The van der Waals surface area contributed by atoms with Gasteiger partial charge in [-0.1, -0.05) is 45.9 Å². The van der Waals surface area contributed by atoms with Gasteiger partial charge in [-0.3, -0.25) is 14.4 Å². The third kappa shape index (κ3) is 4.16. The lowest BCUT2D eigenvalue weighted by atomic mass is 9.44. The molecule has 7 nitrogen and oxygen atoms in total. The molecule has 0 fully saturated rings. The lowest BCUT2D eigenvalue weighted by molar-refractivity contribution is -0.171. The fourth-order valence-electron chi connectivity index (χ4n) is 8.86. The van der Waals surface area contributed by atoms with E-state index in [1.54, 1.807) is 13.0 Å². The number of carbonyl (C=O) groups is 3. The van der Waals surface area contributed by atoms with Crippen molar-refractivity contribution in [3.8, 4) is 5.75 Å². The second-order valence-corrected chi connectivity index (χ2v) is 14.4. The van der Waals surface area contributed by atoms with Gasteiger partial charge in [0.15, 0.2) is 17.2 Å². The van der Waals surface area contributed by atoms with Crippen molar-refractivity contribution in [1.82, 2.24) is 0 Å².